The standard InChI is InChI=1S/C19H27ClN2O3/c1-14(2)12-22-9-10-25-17(13-22)11-21-19(24)8-7-18(23)15-3-5-16(20)6-4-15/h3-6,14,17H,7-13H2,1-2H3,(H,21,24). The van der Waals surface area contributed by atoms with E-state index < -0.39 is 0 Å². The SMILES string of the molecule is CC(C)CN1CCOC(CNC(=O)CCC(=O)c2ccc(Cl)cc2)C1. The van der Waals surface area contributed by atoms with Gasteiger partial charge in [0.1, 0.15) is 0 Å². The Bertz CT molecular complexity index is 575. The molecule has 1 aliphatic heterocycles. The molecule has 6 heteroatoms. The number of nitrogens with one attached hydrogen (secondary N) is 1. The molecule has 1 N–H and O–H groups in total. The van der Waals surface area contributed by atoms with Gasteiger partial charge in [0.2, 0.25) is 5.91 Å². The molecule has 1 amide bonds. The highest BCUT2D eigenvalue weighted by Crippen LogP contribution is 2.12. The van der Waals surface area contributed by atoms with Crippen LogP contribution < -0.4 is 5.32 Å². The summed E-state index contributed by atoms with van der Waals surface area (Å²) in [5.74, 6) is 0.447. The second-order valence-electron chi connectivity index (χ2n) is 6.88. The van der Waals surface area contributed by atoms with Gasteiger partial charge in [-0.3, -0.25) is 14.5 Å². The molecule has 0 radical (unpaired) electrons. The van der Waals surface area contributed by atoms with Crippen molar-refractivity contribution in [1.82, 2.24) is 10.2 Å². The first-order chi connectivity index (χ1) is 11.9. The minimum atomic E-state index is -0.119. The maximum absolute atomic E-state index is 12.1. The van der Waals surface area contributed by atoms with Crippen molar-refractivity contribution < 1.29 is 14.3 Å². The van der Waals surface area contributed by atoms with Gasteiger partial charge in [-0.15, -0.1) is 0 Å². The predicted molar refractivity (Wildman–Crippen MR) is 99.0 cm³/mol. The molecule has 1 atom stereocenters. The molecule has 25 heavy (non-hydrogen) atoms. The molecule has 1 fully saturated rings. The molecular weight excluding hydrogens is 340 g/mol. The predicted octanol–water partition coefficient (Wildman–Crippen LogP) is 2.78. The summed E-state index contributed by atoms with van der Waals surface area (Å²) in [6.07, 6.45) is 0.394. The van der Waals surface area contributed by atoms with Crippen LogP contribution in [0.15, 0.2) is 24.3 Å². The maximum Gasteiger partial charge on any atom is 0.220 e. The van der Waals surface area contributed by atoms with Gasteiger partial charge in [-0.25, -0.2) is 0 Å². The highest BCUT2D eigenvalue weighted by atomic mass is 35.5. The van der Waals surface area contributed by atoms with Gasteiger partial charge in [-0.05, 0) is 30.2 Å². The second kappa shape index (κ2) is 9.90. The molecule has 0 bridgehead atoms. The smallest absolute Gasteiger partial charge is 0.220 e. The molecule has 0 spiro atoms. The van der Waals surface area contributed by atoms with Gasteiger partial charge in [-0.2, -0.15) is 0 Å². The lowest BCUT2D eigenvalue weighted by atomic mass is 10.1. The average Bonchev–Trinajstić information content (AvgIpc) is 2.58. The molecule has 1 aliphatic rings. The Morgan fingerprint density at radius 3 is 2.68 bits per heavy atom. The molecule has 1 unspecified atom stereocenters. The number of Topliss-reactive ketones (excluding diaryl/α,β-unsaturated/α-hetero) is 1. The Balaban J connectivity index is 1.68. The summed E-state index contributed by atoms with van der Waals surface area (Å²) in [4.78, 5) is 26.4. The number of morpholine rings is 1. The number of halogens is 1. The zero-order chi connectivity index (χ0) is 18.2. The van der Waals surface area contributed by atoms with Crippen LogP contribution in [0.4, 0.5) is 0 Å². The van der Waals surface area contributed by atoms with Crippen LogP contribution >= 0.6 is 11.6 Å². The van der Waals surface area contributed by atoms with E-state index in [4.69, 9.17) is 16.3 Å². The quantitative estimate of drug-likeness (QED) is 0.719. The third-order valence-corrected chi connectivity index (χ3v) is 4.37. The first kappa shape index (κ1) is 19.9. The minimum absolute atomic E-state index is 0.0171. The number of benzene rings is 1. The zero-order valence-corrected chi connectivity index (χ0v) is 15.7. The van der Waals surface area contributed by atoms with E-state index in [1.807, 2.05) is 0 Å². The van der Waals surface area contributed by atoms with Gasteiger partial charge in [-0.1, -0.05) is 25.4 Å². The number of nitrogens with zero attached hydrogens (tertiary/aromatic N) is 1. The molecular formula is C19H27ClN2O3. The Hall–Kier alpha value is -1.43. The molecule has 5 nitrogen and oxygen atoms in total. The van der Waals surface area contributed by atoms with Crippen molar-refractivity contribution in [2.75, 3.05) is 32.8 Å². The molecule has 1 aromatic carbocycles. The fourth-order valence-corrected chi connectivity index (χ4v) is 3.04. The lowest BCUT2D eigenvalue weighted by molar-refractivity contribution is -0.122. The number of carbonyl (C=O) groups is 2. The van der Waals surface area contributed by atoms with E-state index in [1.54, 1.807) is 24.3 Å². The van der Waals surface area contributed by atoms with Crippen molar-refractivity contribution in [3.63, 3.8) is 0 Å². The van der Waals surface area contributed by atoms with Crippen molar-refractivity contribution in [3.8, 4) is 0 Å². The molecule has 0 saturated carbocycles. The summed E-state index contributed by atoms with van der Waals surface area (Å²) >= 11 is 5.81. The number of hydrogen-bond acceptors (Lipinski definition) is 4. The molecule has 1 aromatic rings. The summed E-state index contributed by atoms with van der Waals surface area (Å²) < 4.78 is 5.71. The largest absolute Gasteiger partial charge is 0.374 e. The van der Waals surface area contributed by atoms with Gasteiger partial charge in [0, 0.05) is 49.6 Å². The van der Waals surface area contributed by atoms with Crippen LogP contribution in [0.3, 0.4) is 0 Å². The first-order valence-corrected chi connectivity index (χ1v) is 9.21. The summed E-state index contributed by atoms with van der Waals surface area (Å²) in [7, 11) is 0. The number of hydrogen-bond donors (Lipinski definition) is 1. The van der Waals surface area contributed by atoms with Crippen LogP contribution in [-0.4, -0.2) is 55.5 Å². The normalized spacial score (nSPS) is 18.3. The van der Waals surface area contributed by atoms with Crippen LogP contribution in [0.1, 0.15) is 37.0 Å². The minimum Gasteiger partial charge on any atom is -0.374 e. The molecule has 0 aromatic heterocycles. The lowest BCUT2D eigenvalue weighted by Crippen LogP contribution is -2.48. The second-order valence-corrected chi connectivity index (χ2v) is 7.32. The van der Waals surface area contributed by atoms with E-state index in [0.29, 0.717) is 29.7 Å². The van der Waals surface area contributed by atoms with Crippen LogP contribution in [-0.2, 0) is 9.53 Å². The topological polar surface area (TPSA) is 58.6 Å². The van der Waals surface area contributed by atoms with Crippen LogP contribution in [0.25, 0.3) is 0 Å². The van der Waals surface area contributed by atoms with E-state index in [9.17, 15) is 9.59 Å². The molecule has 1 heterocycles. The molecule has 0 aliphatic carbocycles. The Labute approximate surface area is 154 Å². The summed E-state index contributed by atoms with van der Waals surface area (Å²) in [5, 5.41) is 3.47. The number of ketones is 1. The Kier molecular flexibility index (Phi) is 7.88. The van der Waals surface area contributed by atoms with E-state index in [-0.39, 0.29) is 30.6 Å². The van der Waals surface area contributed by atoms with Crippen LogP contribution in [0.2, 0.25) is 5.02 Å². The molecule has 1 saturated heterocycles. The van der Waals surface area contributed by atoms with Gasteiger partial charge in [0.25, 0.3) is 0 Å². The summed E-state index contributed by atoms with van der Waals surface area (Å²) in [6.45, 7) is 8.41. The molecule has 138 valence electrons. The van der Waals surface area contributed by atoms with Crippen molar-refractivity contribution >= 4 is 23.3 Å². The third-order valence-electron chi connectivity index (χ3n) is 4.12. The van der Waals surface area contributed by atoms with Gasteiger partial charge in [0.15, 0.2) is 5.78 Å². The number of ether oxygens (including phenoxy) is 1. The van der Waals surface area contributed by atoms with Crippen molar-refractivity contribution in [2.24, 2.45) is 5.92 Å². The zero-order valence-electron chi connectivity index (χ0n) is 15.0. The summed E-state index contributed by atoms with van der Waals surface area (Å²) in [6, 6.07) is 6.72. The van der Waals surface area contributed by atoms with E-state index in [1.165, 1.54) is 0 Å². The maximum atomic E-state index is 12.1. The number of carbonyl (C=O) groups excluding carboxylic acids is 2. The fraction of sp³-hybridized carbons (Fsp3) is 0.579. The molecule has 2 rings (SSSR count). The van der Waals surface area contributed by atoms with Gasteiger partial charge in [0.05, 0.1) is 12.7 Å². The number of amides is 1. The van der Waals surface area contributed by atoms with Crippen molar-refractivity contribution in [1.29, 1.82) is 0 Å². The fourth-order valence-electron chi connectivity index (χ4n) is 2.91. The van der Waals surface area contributed by atoms with Gasteiger partial charge >= 0.3 is 0 Å². The lowest BCUT2D eigenvalue weighted by Gasteiger charge is -2.33. The summed E-state index contributed by atoms with van der Waals surface area (Å²) in [5.41, 5.74) is 0.581. The van der Waals surface area contributed by atoms with E-state index in [2.05, 4.69) is 24.1 Å². The number of rotatable bonds is 8. The Morgan fingerprint density at radius 1 is 1.28 bits per heavy atom. The first-order valence-electron chi connectivity index (χ1n) is 8.83. The Morgan fingerprint density at radius 2 is 2.00 bits per heavy atom. The van der Waals surface area contributed by atoms with Crippen molar-refractivity contribution in [3.05, 3.63) is 34.9 Å². The van der Waals surface area contributed by atoms with E-state index in [0.717, 1.165) is 19.6 Å². The average molecular weight is 367 g/mol. The van der Waals surface area contributed by atoms with E-state index >= 15 is 0 Å². The highest BCUT2D eigenvalue weighted by Gasteiger charge is 2.21. The van der Waals surface area contributed by atoms with Crippen LogP contribution in [0.5, 0.6) is 0 Å². The highest BCUT2D eigenvalue weighted by molar-refractivity contribution is 6.30. The third kappa shape index (κ3) is 7.14. The van der Waals surface area contributed by atoms with Crippen LogP contribution in [0, 0.1) is 5.92 Å². The monoisotopic (exact) mass is 366 g/mol. The van der Waals surface area contributed by atoms with Crippen molar-refractivity contribution in [2.45, 2.75) is 32.8 Å². The van der Waals surface area contributed by atoms with Gasteiger partial charge < -0.3 is 10.1 Å².